The first-order valence-corrected chi connectivity index (χ1v) is 18.1. The molecule has 0 aliphatic carbocycles. The van der Waals surface area contributed by atoms with Gasteiger partial charge < -0.3 is 10.2 Å². The van der Waals surface area contributed by atoms with E-state index in [0.717, 1.165) is 33.2 Å². The number of fused-ring (bicyclic) bond motifs is 2. The number of hydrogen-bond donors (Lipinski definition) is 2. The predicted octanol–water partition coefficient (Wildman–Crippen LogP) is 10.1. The molecule has 6 rings (SSSR count). The van der Waals surface area contributed by atoms with Crippen LogP contribution in [0.4, 0.5) is 0 Å². The Bertz CT molecular complexity index is 2000. The molecule has 0 aliphatic heterocycles. The molecule has 0 radical (unpaired) electrons. The molecule has 0 amide bonds. The standard InChI is InChI=1S/C43H54N6O2/c1-26(40(3,4)5)42(9,10)30-22-28(38(50)36(24-30)48-44-32-17-13-14-18-33(32)45-48)21-29-23-31(43(11,12)27(2)41(6,7)8)25-37(39(29)51)49-46-34-19-15-16-20-35(34)47-49/h13-20,22-27,50-51H,21H2,1-12H3. The van der Waals surface area contributed by atoms with Gasteiger partial charge in [-0.2, -0.15) is 0 Å². The Morgan fingerprint density at radius 2 is 0.804 bits per heavy atom. The van der Waals surface area contributed by atoms with Crippen LogP contribution in [0.2, 0.25) is 0 Å². The third kappa shape index (κ3) is 6.61. The first kappa shape index (κ1) is 36.1. The molecule has 8 heteroatoms. The largest absolute Gasteiger partial charge is 0.505 e. The summed E-state index contributed by atoms with van der Waals surface area (Å²) in [4.78, 5) is 3.08. The highest BCUT2D eigenvalue weighted by Gasteiger charge is 2.38. The molecule has 0 aliphatic rings. The fourth-order valence-electron chi connectivity index (χ4n) is 7.48. The second-order valence-electron chi connectivity index (χ2n) is 17.8. The highest BCUT2D eigenvalue weighted by atomic mass is 16.3. The van der Waals surface area contributed by atoms with Crippen LogP contribution in [0, 0.1) is 22.7 Å². The van der Waals surface area contributed by atoms with E-state index in [1.807, 2.05) is 60.7 Å². The second kappa shape index (κ2) is 12.5. The molecule has 2 unspecified atom stereocenters. The average molecular weight is 687 g/mol. The summed E-state index contributed by atoms with van der Waals surface area (Å²) in [5.74, 6) is 0.718. The van der Waals surface area contributed by atoms with Crippen LogP contribution >= 0.6 is 0 Å². The molecule has 8 nitrogen and oxygen atoms in total. The van der Waals surface area contributed by atoms with E-state index in [1.165, 1.54) is 0 Å². The first-order valence-electron chi connectivity index (χ1n) is 18.1. The van der Waals surface area contributed by atoms with E-state index in [2.05, 4.69) is 95.2 Å². The minimum absolute atomic E-state index is 0.0253. The number of rotatable bonds is 8. The fourth-order valence-corrected chi connectivity index (χ4v) is 7.48. The minimum atomic E-state index is -0.277. The molecule has 0 bridgehead atoms. The van der Waals surface area contributed by atoms with Gasteiger partial charge in [0.2, 0.25) is 0 Å². The Kier molecular flexibility index (Phi) is 8.84. The number of phenols is 2. The lowest BCUT2D eigenvalue weighted by Crippen LogP contribution is -2.36. The molecule has 0 saturated heterocycles. The minimum Gasteiger partial charge on any atom is -0.505 e. The molecular formula is C43H54N6O2. The van der Waals surface area contributed by atoms with Gasteiger partial charge in [-0.05, 0) is 81.0 Å². The van der Waals surface area contributed by atoms with Crippen LogP contribution in [-0.2, 0) is 17.3 Å². The number of aromatic hydroxyl groups is 2. The van der Waals surface area contributed by atoms with Crippen molar-refractivity contribution in [3.05, 3.63) is 95.1 Å². The molecule has 0 spiro atoms. The van der Waals surface area contributed by atoms with E-state index in [1.54, 1.807) is 9.59 Å². The van der Waals surface area contributed by atoms with Gasteiger partial charge in [0.1, 0.15) is 44.9 Å². The lowest BCUT2D eigenvalue weighted by Gasteiger charge is -2.41. The van der Waals surface area contributed by atoms with E-state index in [-0.39, 0.29) is 51.4 Å². The van der Waals surface area contributed by atoms with Gasteiger partial charge in [0.05, 0.1) is 0 Å². The Hall–Kier alpha value is -4.72. The average Bonchev–Trinajstić information content (AvgIpc) is 3.69. The quantitative estimate of drug-likeness (QED) is 0.165. The molecule has 51 heavy (non-hydrogen) atoms. The summed E-state index contributed by atoms with van der Waals surface area (Å²) in [7, 11) is 0. The zero-order valence-electron chi connectivity index (χ0n) is 32.4. The maximum absolute atomic E-state index is 12.1. The molecule has 0 fully saturated rings. The van der Waals surface area contributed by atoms with Gasteiger partial charge in [-0.3, -0.25) is 0 Å². The molecule has 0 saturated carbocycles. The van der Waals surface area contributed by atoms with Crippen molar-refractivity contribution >= 4 is 22.1 Å². The van der Waals surface area contributed by atoms with E-state index in [9.17, 15) is 10.2 Å². The normalized spacial score (nSPS) is 14.4. The van der Waals surface area contributed by atoms with Crippen LogP contribution in [0.5, 0.6) is 11.5 Å². The highest BCUT2D eigenvalue weighted by molar-refractivity contribution is 5.75. The second-order valence-corrected chi connectivity index (χ2v) is 17.8. The SMILES string of the molecule is CC(C(C)(C)C)C(C)(C)c1cc(Cc2cc(C(C)(C)C(C)C(C)(C)C)cc(-n3nc4ccccc4n3)c2O)c(O)c(-n2nc3ccccc3n2)c1. The Balaban J connectivity index is 1.58. The maximum Gasteiger partial charge on any atom is 0.146 e. The van der Waals surface area contributed by atoms with Crippen molar-refractivity contribution in [3.8, 4) is 22.9 Å². The summed E-state index contributed by atoms with van der Waals surface area (Å²) < 4.78 is 0. The zero-order valence-corrected chi connectivity index (χ0v) is 32.4. The summed E-state index contributed by atoms with van der Waals surface area (Å²) in [5.41, 5.74) is 6.97. The number of benzene rings is 4. The van der Waals surface area contributed by atoms with Crippen molar-refractivity contribution in [1.82, 2.24) is 30.0 Å². The van der Waals surface area contributed by atoms with Gasteiger partial charge in [0, 0.05) is 17.5 Å². The molecule has 2 heterocycles. The third-order valence-corrected chi connectivity index (χ3v) is 12.0. The van der Waals surface area contributed by atoms with Crippen LogP contribution in [-0.4, -0.2) is 40.2 Å². The molecule has 2 aromatic heterocycles. The first-order chi connectivity index (χ1) is 23.7. The number of aromatic nitrogens is 6. The van der Waals surface area contributed by atoms with Crippen molar-refractivity contribution in [2.24, 2.45) is 22.7 Å². The number of hydrogen-bond acceptors (Lipinski definition) is 6. The van der Waals surface area contributed by atoms with Crippen LogP contribution < -0.4 is 0 Å². The molecule has 268 valence electrons. The zero-order chi connectivity index (χ0) is 37.3. The summed E-state index contributed by atoms with van der Waals surface area (Å²) in [5, 5.41) is 43.3. The van der Waals surface area contributed by atoms with Crippen molar-refractivity contribution in [2.75, 3.05) is 0 Å². The Labute approximate surface area is 302 Å². The van der Waals surface area contributed by atoms with Gasteiger partial charge in [0.15, 0.2) is 0 Å². The van der Waals surface area contributed by atoms with E-state index in [4.69, 9.17) is 20.4 Å². The van der Waals surface area contributed by atoms with Crippen LogP contribution in [0.1, 0.15) is 105 Å². The smallest absolute Gasteiger partial charge is 0.146 e. The van der Waals surface area contributed by atoms with Crippen LogP contribution in [0.15, 0.2) is 72.8 Å². The summed E-state index contributed by atoms with van der Waals surface area (Å²) in [6.45, 7) is 27.2. The van der Waals surface area contributed by atoms with Gasteiger partial charge in [-0.15, -0.1) is 30.0 Å². The van der Waals surface area contributed by atoms with Crippen LogP contribution in [0.25, 0.3) is 33.4 Å². The van der Waals surface area contributed by atoms with Crippen molar-refractivity contribution in [2.45, 2.75) is 100 Å². The van der Waals surface area contributed by atoms with Gasteiger partial charge >= 0.3 is 0 Å². The predicted molar refractivity (Wildman–Crippen MR) is 207 cm³/mol. The molecule has 6 aromatic rings. The molecular weight excluding hydrogens is 633 g/mol. The fraction of sp³-hybridized carbons (Fsp3) is 0.442. The van der Waals surface area contributed by atoms with E-state index in [0.29, 0.717) is 22.5 Å². The summed E-state index contributed by atoms with van der Waals surface area (Å²) in [6.07, 6.45) is 0.265. The number of nitrogens with zero attached hydrogens (tertiary/aromatic N) is 6. The van der Waals surface area contributed by atoms with Crippen LogP contribution in [0.3, 0.4) is 0 Å². The molecule has 4 aromatic carbocycles. The van der Waals surface area contributed by atoms with Gasteiger partial charge in [-0.25, -0.2) is 0 Å². The van der Waals surface area contributed by atoms with Crippen molar-refractivity contribution in [1.29, 1.82) is 0 Å². The summed E-state index contributed by atoms with van der Waals surface area (Å²) >= 11 is 0. The Morgan fingerprint density at radius 1 is 0.510 bits per heavy atom. The monoisotopic (exact) mass is 686 g/mol. The third-order valence-electron chi connectivity index (χ3n) is 12.0. The number of phenolic OH excluding ortho intramolecular Hbond substituents is 2. The van der Waals surface area contributed by atoms with E-state index < -0.39 is 0 Å². The molecule has 2 N–H and O–H groups in total. The van der Waals surface area contributed by atoms with Gasteiger partial charge in [-0.1, -0.05) is 119 Å². The van der Waals surface area contributed by atoms with E-state index >= 15 is 0 Å². The highest BCUT2D eigenvalue weighted by Crippen LogP contribution is 2.47. The topological polar surface area (TPSA) is 102 Å². The lowest BCUT2D eigenvalue weighted by molar-refractivity contribution is 0.166. The van der Waals surface area contributed by atoms with Gasteiger partial charge in [0.25, 0.3) is 0 Å². The van der Waals surface area contributed by atoms with Crippen molar-refractivity contribution in [3.63, 3.8) is 0 Å². The summed E-state index contributed by atoms with van der Waals surface area (Å²) in [6, 6.07) is 23.7. The molecule has 2 atom stereocenters. The maximum atomic E-state index is 12.1. The van der Waals surface area contributed by atoms with Crippen molar-refractivity contribution < 1.29 is 10.2 Å². The lowest BCUT2D eigenvalue weighted by atomic mass is 9.63. The Morgan fingerprint density at radius 3 is 1.08 bits per heavy atom.